The zero-order valence-electron chi connectivity index (χ0n) is 19.1. The van der Waals surface area contributed by atoms with E-state index in [-0.39, 0.29) is 11.8 Å². The number of carbonyl (C=O) groups is 1. The van der Waals surface area contributed by atoms with Gasteiger partial charge in [0.05, 0.1) is 17.6 Å². The Labute approximate surface area is 208 Å². The minimum Gasteiger partial charge on any atom is -0.492 e. The molecule has 0 N–H and O–H groups in total. The second-order valence-corrected chi connectivity index (χ2v) is 9.29. The molecule has 1 amide bonds. The molecule has 6 rings (SSSR count). The molecule has 0 spiro atoms. The highest BCUT2D eigenvalue weighted by atomic mass is 35.5. The topological polar surface area (TPSA) is 47.4 Å². The maximum atomic E-state index is 12.9. The SMILES string of the molecule is O=C1CC(c2nc3ccccc3n2CCOc2ccc3ccccc3c2)CN1c1ccc(Cl)cc1. The van der Waals surface area contributed by atoms with Crippen LogP contribution in [0.1, 0.15) is 18.2 Å². The molecular formula is C29H24ClN3O2. The van der Waals surface area contributed by atoms with Crippen molar-refractivity contribution in [1.29, 1.82) is 0 Å². The van der Waals surface area contributed by atoms with Crippen molar-refractivity contribution in [2.45, 2.75) is 18.9 Å². The summed E-state index contributed by atoms with van der Waals surface area (Å²) in [6.07, 6.45) is 0.428. The summed E-state index contributed by atoms with van der Waals surface area (Å²) in [7, 11) is 0. The lowest BCUT2D eigenvalue weighted by Gasteiger charge is -2.17. The average Bonchev–Trinajstić information content (AvgIpc) is 3.45. The number of imidazole rings is 1. The Balaban J connectivity index is 1.24. The number of rotatable bonds is 6. The van der Waals surface area contributed by atoms with Gasteiger partial charge in [0, 0.05) is 29.6 Å². The Morgan fingerprint density at radius 1 is 0.914 bits per heavy atom. The van der Waals surface area contributed by atoms with Gasteiger partial charge in [-0.3, -0.25) is 4.79 Å². The monoisotopic (exact) mass is 481 g/mol. The number of nitrogens with zero attached hydrogens (tertiary/aromatic N) is 3. The Kier molecular flexibility index (Phi) is 5.63. The van der Waals surface area contributed by atoms with Crippen molar-refractivity contribution in [2.75, 3.05) is 18.1 Å². The molecule has 174 valence electrons. The van der Waals surface area contributed by atoms with Crippen LogP contribution in [-0.4, -0.2) is 28.6 Å². The normalized spacial score (nSPS) is 15.9. The molecule has 1 aliphatic rings. The van der Waals surface area contributed by atoms with E-state index in [1.165, 1.54) is 5.39 Å². The van der Waals surface area contributed by atoms with Crippen molar-refractivity contribution >= 4 is 45.0 Å². The second-order valence-electron chi connectivity index (χ2n) is 8.85. The molecule has 0 radical (unpaired) electrons. The predicted octanol–water partition coefficient (Wildman–Crippen LogP) is 6.44. The quantitative estimate of drug-likeness (QED) is 0.280. The van der Waals surface area contributed by atoms with Gasteiger partial charge in [0.2, 0.25) is 5.91 Å². The molecule has 0 aliphatic carbocycles. The largest absolute Gasteiger partial charge is 0.492 e. The van der Waals surface area contributed by atoms with Gasteiger partial charge in [0.25, 0.3) is 0 Å². The summed E-state index contributed by atoms with van der Waals surface area (Å²) < 4.78 is 8.35. The smallest absolute Gasteiger partial charge is 0.227 e. The Bertz CT molecular complexity index is 1530. The molecule has 2 heterocycles. The first-order chi connectivity index (χ1) is 17.2. The van der Waals surface area contributed by atoms with Gasteiger partial charge < -0.3 is 14.2 Å². The fraction of sp³-hybridized carbons (Fsp3) is 0.172. The van der Waals surface area contributed by atoms with Gasteiger partial charge in [-0.25, -0.2) is 4.98 Å². The number of halogens is 1. The number of amides is 1. The fourth-order valence-electron chi connectivity index (χ4n) is 4.90. The lowest BCUT2D eigenvalue weighted by atomic mass is 10.1. The van der Waals surface area contributed by atoms with E-state index in [0.717, 1.165) is 33.7 Å². The van der Waals surface area contributed by atoms with E-state index >= 15 is 0 Å². The first kappa shape index (κ1) is 21.7. The molecule has 35 heavy (non-hydrogen) atoms. The summed E-state index contributed by atoms with van der Waals surface area (Å²) in [5, 5.41) is 3.01. The molecule has 4 aromatic carbocycles. The first-order valence-electron chi connectivity index (χ1n) is 11.8. The van der Waals surface area contributed by atoms with Gasteiger partial charge in [-0.2, -0.15) is 0 Å². The van der Waals surface area contributed by atoms with Gasteiger partial charge in [0.15, 0.2) is 0 Å². The van der Waals surface area contributed by atoms with Gasteiger partial charge >= 0.3 is 0 Å². The molecule has 5 nitrogen and oxygen atoms in total. The van der Waals surface area contributed by atoms with E-state index in [4.69, 9.17) is 21.3 Å². The first-order valence-corrected chi connectivity index (χ1v) is 12.2. The van der Waals surface area contributed by atoms with Crippen LogP contribution >= 0.6 is 11.6 Å². The van der Waals surface area contributed by atoms with Crippen LogP contribution in [0.25, 0.3) is 21.8 Å². The molecule has 1 aromatic heterocycles. The van der Waals surface area contributed by atoms with Crippen LogP contribution in [0.3, 0.4) is 0 Å². The zero-order chi connectivity index (χ0) is 23.8. The summed E-state index contributed by atoms with van der Waals surface area (Å²) in [6, 6.07) is 30.0. The molecule has 5 aromatic rings. The van der Waals surface area contributed by atoms with E-state index in [0.29, 0.717) is 31.1 Å². The zero-order valence-corrected chi connectivity index (χ0v) is 19.9. The third-order valence-electron chi connectivity index (χ3n) is 6.62. The minimum absolute atomic E-state index is 0.00578. The lowest BCUT2D eigenvalue weighted by molar-refractivity contribution is -0.117. The van der Waals surface area contributed by atoms with Crippen molar-refractivity contribution < 1.29 is 9.53 Å². The van der Waals surface area contributed by atoms with E-state index in [9.17, 15) is 4.79 Å². The molecule has 0 bridgehead atoms. The van der Waals surface area contributed by atoms with Gasteiger partial charge in [0.1, 0.15) is 18.2 Å². The van der Waals surface area contributed by atoms with Gasteiger partial charge in [-0.1, -0.05) is 54.1 Å². The van der Waals surface area contributed by atoms with Crippen LogP contribution in [0.4, 0.5) is 5.69 Å². The summed E-state index contributed by atoms with van der Waals surface area (Å²) in [4.78, 5) is 19.7. The third kappa shape index (κ3) is 4.24. The number of para-hydroxylation sites is 2. The number of carbonyl (C=O) groups excluding carboxylic acids is 1. The molecule has 0 saturated carbocycles. The summed E-state index contributed by atoms with van der Waals surface area (Å²) in [5.41, 5.74) is 2.86. The van der Waals surface area contributed by atoms with Crippen molar-refractivity contribution in [2.24, 2.45) is 0 Å². The van der Waals surface area contributed by atoms with E-state index in [2.05, 4.69) is 34.9 Å². The second kappa shape index (κ2) is 9.08. The van der Waals surface area contributed by atoms with Crippen LogP contribution in [0, 0.1) is 0 Å². The van der Waals surface area contributed by atoms with Crippen molar-refractivity contribution in [3.63, 3.8) is 0 Å². The van der Waals surface area contributed by atoms with Crippen molar-refractivity contribution in [3.8, 4) is 5.75 Å². The number of benzene rings is 4. The summed E-state index contributed by atoms with van der Waals surface area (Å²) in [6.45, 7) is 1.75. The maximum absolute atomic E-state index is 12.9. The third-order valence-corrected chi connectivity index (χ3v) is 6.87. The number of anilines is 1. The molecule has 1 aliphatic heterocycles. The van der Waals surface area contributed by atoms with Gasteiger partial charge in [-0.15, -0.1) is 0 Å². The van der Waals surface area contributed by atoms with E-state index in [1.54, 1.807) is 0 Å². The van der Waals surface area contributed by atoms with Crippen LogP contribution in [0.15, 0.2) is 91.0 Å². The highest BCUT2D eigenvalue weighted by molar-refractivity contribution is 6.30. The molecule has 1 saturated heterocycles. The molecular weight excluding hydrogens is 458 g/mol. The lowest BCUT2D eigenvalue weighted by Crippen LogP contribution is -2.24. The fourth-order valence-corrected chi connectivity index (χ4v) is 5.03. The predicted molar refractivity (Wildman–Crippen MR) is 140 cm³/mol. The highest BCUT2D eigenvalue weighted by Crippen LogP contribution is 2.33. The average molecular weight is 482 g/mol. The van der Waals surface area contributed by atoms with Crippen molar-refractivity contribution in [1.82, 2.24) is 9.55 Å². The van der Waals surface area contributed by atoms with Crippen molar-refractivity contribution in [3.05, 3.63) is 102 Å². The Morgan fingerprint density at radius 2 is 1.69 bits per heavy atom. The standard InChI is InChI=1S/C29H24ClN3O2/c30-23-10-12-24(13-11-23)33-19-22(18-28(33)34)29-31-26-7-3-4-8-27(26)32(29)15-16-35-25-14-9-20-5-1-2-6-21(20)17-25/h1-14,17,22H,15-16,18-19H2. The highest BCUT2D eigenvalue weighted by Gasteiger charge is 2.34. The number of fused-ring (bicyclic) bond motifs is 2. The van der Waals surface area contributed by atoms with Gasteiger partial charge in [-0.05, 0) is 59.3 Å². The maximum Gasteiger partial charge on any atom is 0.227 e. The van der Waals surface area contributed by atoms with E-state index in [1.807, 2.05) is 65.6 Å². The number of hydrogen-bond acceptors (Lipinski definition) is 3. The molecule has 6 heteroatoms. The molecule has 1 atom stereocenters. The summed E-state index contributed by atoms with van der Waals surface area (Å²) in [5.74, 6) is 1.88. The Morgan fingerprint density at radius 3 is 2.54 bits per heavy atom. The van der Waals surface area contributed by atoms with Crippen LogP contribution < -0.4 is 9.64 Å². The van der Waals surface area contributed by atoms with E-state index < -0.39 is 0 Å². The number of ether oxygens (including phenoxy) is 1. The van der Waals surface area contributed by atoms with Crippen LogP contribution in [0.5, 0.6) is 5.75 Å². The molecule has 1 unspecified atom stereocenters. The minimum atomic E-state index is 0.00578. The van der Waals surface area contributed by atoms with Crippen LogP contribution in [0.2, 0.25) is 5.02 Å². The number of hydrogen-bond donors (Lipinski definition) is 0. The number of aromatic nitrogens is 2. The molecule has 1 fully saturated rings. The van der Waals surface area contributed by atoms with Crippen LogP contribution in [-0.2, 0) is 11.3 Å². The summed E-state index contributed by atoms with van der Waals surface area (Å²) >= 11 is 6.04. The Hall–Kier alpha value is -3.83.